The van der Waals surface area contributed by atoms with Crippen molar-refractivity contribution in [3.63, 3.8) is 0 Å². The molecule has 9 heavy (non-hydrogen) atoms. The second-order valence-corrected chi connectivity index (χ2v) is 4.35. The van der Waals surface area contributed by atoms with Crippen LogP contribution in [0, 0.1) is 11.8 Å². The van der Waals surface area contributed by atoms with Crippen molar-refractivity contribution in [3.05, 3.63) is 10.2 Å². The Balaban J connectivity index is 2.49. The molecule has 1 fully saturated rings. The molecule has 1 heteroatoms. The van der Waals surface area contributed by atoms with E-state index >= 15 is 0 Å². The van der Waals surface area contributed by atoms with Crippen LogP contribution in [0.2, 0.25) is 0 Å². The highest BCUT2D eigenvalue weighted by molar-refractivity contribution is 14.1. The van der Waals surface area contributed by atoms with Crippen LogP contribution in [-0.2, 0) is 0 Å². The van der Waals surface area contributed by atoms with Gasteiger partial charge >= 0.3 is 0 Å². The van der Waals surface area contributed by atoms with E-state index < -0.39 is 0 Å². The van der Waals surface area contributed by atoms with E-state index in [4.69, 9.17) is 0 Å². The molecule has 0 aromatic carbocycles. The third-order valence-electron chi connectivity index (χ3n) is 2.26. The zero-order valence-corrected chi connectivity index (χ0v) is 8.02. The number of hydrogen-bond acceptors (Lipinski definition) is 0. The van der Waals surface area contributed by atoms with Gasteiger partial charge in [-0.2, -0.15) is 0 Å². The van der Waals surface area contributed by atoms with Crippen LogP contribution in [0.1, 0.15) is 26.2 Å². The molecule has 0 aromatic rings. The van der Waals surface area contributed by atoms with Crippen molar-refractivity contribution in [2.45, 2.75) is 26.2 Å². The minimum Gasteiger partial charge on any atom is -0.0894 e. The van der Waals surface area contributed by atoms with Crippen molar-refractivity contribution in [1.29, 1.82) is 0 Å². The maximum atomic E-state index is 3.97. The van der Waals surface area contributed by atoms with E-state index in [0.29, 0.717) is 0 Å². The molecule has 1 aliphatic rings. The van der Waals surface area contributed by atoms with Gasteiger partial charge in [-0.1, -0.05) is 26.3 Å². The molecule has 0 aromatic heterocycles. The summed E-state index contributed by atoms with van der Waals surface area (Å²) in [6.07, 6.45) is 4.20. The normalized spacial score (nSPS) is 34.9. The average Bonchev–Trinajstić information content (AvgIpc) is 2.13. The third-order valence-corrected chi connectivity index (χ3v) is 3.06. The summed E-state index contributed by atoms with van der Waals surface area (Å²) < 4.78 is 1.36. The molecule has 1 aliphatic carbocycles. The molecule has 0 nitrogen and oxygen atoms in total. The first-order chi connectivity index (χ1) is 4.22. The lowest BCUT2D eigenvalue weighted by Gasteiger charge is -2.12. The summed E-state index contributed by atoms with van der Waals surface area (Å²) in [6.45, 7) is 6.31. The lowest BCUT2D eigenvalue weighted by atomic mass is 9.99. The molecule has 0 heterocycles. The second kappa shape index (κ2) is 3.04. The van der Waals surface area contributed by atoms with Gasteiger partial charge in [-0.25, -0.2) is 0 Å². The Morgan fingerprint density at radius 2 is 2.22 bits per heavy atom. The van der Waals surface area contributed by atoms with Gasteiger partial charge in [-0.15, -0.1) is 0 Å². The van der Waals surface area contributed by atoms with Gasteiger partial charge in [0, 0.05) is 0 Å². The number of rotatable bonds is 1. The molecule has 0 amide bonds. The van der Waals surface area contributed by atoms with E-state index in [1.165, 1.54) is 22.8 Å². The van der Waals surface area contributed by atoms with E-state index in [0.717, 1.165) is 11.8 Å². The predicted octanol–water partition coefficient (Wildman–Crippen LogP) is 3.37. The lowest BCUT2D eigenvalue weighted by Crippen LogP contribution is -2.01. The van der Waals surface area contributed by atoms with Gasteiger partial charge in [0.25, 0.3) is 0 Å². The number of allylic oxidation sites excluding steroid dienone is 1. The van der Waals surface area contributed by atoms with Crippen LogP contribution in [-0.4, -0.2) is 0 Å². The fraction of sp³-hybridized carbons (Fsp3) is 0.750. The molecule has 0 bridgehead atoms. The summed E-state index contributed by atoms with van der Waals surface area (Å²) in [6, 6.07) is 0. The highest BCUT2D eigenvalue weighted by atomic mass is 127. The molecule has 0 N–H and O–H groups in total. The van der Waals surface area contributed by atoms with Crippen LogP contribution < -0.4 is 0 Å². The van der Waals surface area contributed by atoms with E-state index in [1.54, 1.807) is 0 Å². The van der Waals surface area contributed by atoms with Gasteiger partial charge in [0.1, 0.15) is 0 Å². The first-order valence-electron chi connectivity index (χ1n) is 3.56. The number of halogens is 1. The maximum absolute atomic E-state index is 3.97. The molecular formula is C8H13I. The fourth-order valence-corrected chi connectivity index (χ4v) is 2.54. The number of hydrogen-bond donors (Lipinski definition) is 0. The minimum absolute atomic E-state index is 0.825. The topological polar surface area (TPSA) is 0 Å². The van der Waals surface area contributed by atoms with Gasteiger partial charge in [-0.05, 0) is 44.4 Å². The summed E-state index contributed by atoms with van der Waals surface area (Å²) in [7, 11) is 0. The lowest BCUT2D eigenvalue weighted by molar-refractivity contribution is 0.501. The first-order valence-corrected chi connectivity index (χ1v) is 4.64. The molecule has 2 atom stereocenters. The van der Waals surface area contributed by atoms with Crippen molar-refractivity contribution in [2.24, 2.45) is 11.8 Å². The Labute approximate surface area is 70.9 Å². The molecule has 1 rings (SSSR count). The van der Waals surface area contributed by atoms with Gasteiger partial charge in [0.2, 0.25) is 0 Å². The summed E-state index contributed by atoms with van der Waals surface area (Å²) >= 11 is 2.37. The van der Waals surface area contributed by atoms with Crippen LogP contribution >= 0.6 is 22.6 Å². The Kier molecular flexibility index (Phi) is 2.56. The fourth-order valence-electron chi connectivity index (χ4n) is 1.61. The molecule has 0 spiro atoms. The van der Waals surface area contributed by atoms with Crippen molar-refractivity contribution >= 4 is 22.6 Å². The Morgan fingerprint density at radius 1 is 1.56 bits per heavy atom. The molecule has 1 saturated carbocycles. The Bertz CT molecular complexity index is 118. The molecule has 0 saturated heterocycles. The van der Waals surface area contributed by atoms with Gasteiger partial charge in [0.05, 0.1) is 0 Å². The van der Waals surface area contributed by atoms with E-state index in [2.05, 4.69) is 36.1 Å². The molecule has 52 valence electrons. The molecule has 1 unspecified atom stereocenters. The summed E-state index contributed by atoms with van der Waals surface area (Å²) in [5.74, 6) is 1.72. The molecule has 0 radical (unpaired) electrons. The van der Waals surface area contributed by atoms with E-state index in [1.807, 2.05) is 0 Å². The molecule has 0 aliphatic heterocycles. The van der Waals surface area contributed by atoms with Crippen molar-refractivity contribution in [1.82, 2.24) is 0 Å². The first kappa shape index (κ1) is 7.58. The zero-order chi connectivity index (χ0) is 6.85. The maximum Gasteiger partial charge on any atom is -0.00840 e. The largest absolute Gasteiger partial charge is 0.0894 e. The van der Waals surface area contributed by atoms with E-state index in [-0.39, 0.29) is 0 Å². The second-order valence-electron chi connectivity index (χ2n) is 2.96. The van der Waals surface area contributed by atoms with Gasteiger partial charge in [-0.3, -0.25) is 0 Å². The third kappa shape index (κ3) is 1.69. The van der Waals surface area contributed by atoms with Crippen molar-refractivity contribution in [2.75, 3.05) is 0 Å². The van der Waals surface area contributed by atoms with Crippen molar-refractivity contribution in [3.8, 4) is 0 Å². The summed E-state index contributed by atoms with van der Waals surface area (Å²) in [5.41, 5.74) is 0. The van der Waals surface area contributed by atoms with Crippen LogP contribution in [0.3, 0.4) is 0 Å². The SMILES string of the molecule is C=C(I)C1CCC[C@H]1C. The Hall–Kier alpha value is 0.470. The van der Waals surface area contributed by atoms with Crippen LogP contribution in [0.15, 0.2) is 10.2 Å². The summed E-state index contributed by atoms with van der Waals surface area (Å²) in [5, 5.41) is 0. The molecular weight excluding hydrogens is 223 g/mol. The van der Waals surface area contributed by atoms with Crippen LogP contribution in [0.5, 0.6) is 0 Å². The minimum atomic E-state index is 0.825. The smallest absolute Gasteiger partial charge is 0.00840 e. The standard InChI is InChI=1S/C8H13I/c1-6-4-3-5-8(6)7(2)9/h6,8H,2-5H2,1H3/t6-,8?/m1/s1. The highest BCUT2D eigenvalue weighted by Crippen LogP contribution is 2.37. The highest BCUT2D eigenvalue weighted by Gasteiger charge is 2.23. The van der Waals surface area contributed by atoms with E-state index in [9.17, 15) is 0 Å². The quantitative estimate of drug-likeness (QED) is 0.612. The zero-order valence-electron chi connectivity index (χ0n) is 5.86. The van der Waals surface area contributed by atoms with Crippen LogP contribution in [0.25, 0.3) is 0 Å². The van der Waals surface area contributed by atoms with Gasteiger partial charge in [0.15, 0.2) is 0 Å². The van der Waals surface area contributed by atoms with Gasteiger partial charge < -0.3 is 0 Å². The predicted molar refractivity (Wildman–Crippen MR) is 49.7 cm³/mol. The Morgan fingerprint density at radius 3 is 2.44 bits per heavy atom. The monoisotopic (exact) mass is 236 g/mol. The van der Waals surface area contributed by atoms with Crippen molar-refractivity contribution < 1.29 is 0 Å². The van der Waals surface area contributed by atoms with Crippen LogP contribution in [0.4, 0.5) is 0 Å². The average molecular weight is 236 g/mol. The summed E-state index contributed by atoms with van der Waals surface area (Å²) in [4.78, 5) is 0.